The highest BCUT2D eigenvalue weighted by Gasteiger charge is 2.08. The summed E-state index contributed by atoms with van der Waals surface area (Å²) in [4.78, 5) is 4.06. The Balaban J connectivity index is 1.92. The summed E-state index contributed by atoms with van der Waals surface area (Å²) in [6.07, 6.45) is 1.60. The fourth-order valence-corrected chi connectivity index (χ4v) is 1.63. The van der Waals surface area contributed by atoms with E-state index in [0.717, 1.165) is 0 Å². The van der Waals surface area contributed by atoms with Crippen molar-refractivity contribution in [2.45, 2.75) is 19.7 Å². The number of benzene rings is 1. The molecule has 1 heterocycles. The van der Waals surface area contributed by atoms with Gasteiger partial charge in [0.15, 0.2) is 5.82 Å². The van der Waals surface area contributed by atoms with E-state index < -0.39 is 6.61 Å². The van der Waals surface area contributed by atoms with Crippen LogP contribution in [-0.4, -0.2) is 21.4 Å². The van der Waals surface area contributed by atoms with Gasteiger partial charge in [0.1, 0.15) is 12.1 Å². The zero-order valence-corrected chi connectivity index (χ0v) is 10.4. The molecule has 2 aromatic rings. The van der Waals surface area contributed by atoms with Crippen molar-refractivity contribution in [3.8, 4) is 5.75 Å². The Hall–Kier alpha value is -2.02. The lowest BCUT2D eigenvalue weighted by Gasteiger charge is -2.10. The lowest BCUT2D eigenvalue weighted by Crippen LogP contribution is -2.15. The van der Waals surface area contributed by atoms with Gasteiger partial charge in [0.05, 0.1) is 6.54 Å². The first-order valence-electron chi connectivity index (χ1n) is 5.73. The van der Waals surface area contributed by atoms with E-state index in [2.05, 4.69) is 20.1 Å². The molecule has 2 rings (SSSR count). The first kappa shape index (κ1) is 13.4. The summed E-state index contributed by atoms with van der Waals surface area (Å²) < 4.78 is 30.5. The quantitative estimate of drug-likeness (QED) is 0.866. The molecule has 1 aromatic heterocycles. The van der Waals surface area contributed by atoms with E-state index >= 15 is 0 Å². The van der Waals surface area contributed by atoms with Crippen LogP contribution in [0.15, 0.2) is 30.6 Å². The van der Waals surface area contributed by atoms with E-state index in [4.69, 9.17) is 0 Å². The third-order valence-corrected chi connectivity index (χ3v) is 2.43. The van der Waals surface area contributed by atoms with Crippen LogP contribution in [0.5, 0.6) is 5.75 Å². The van der Waals surface area contributed by atoms with Gasteiger partial charge in [-0.05, 0) is 6.07 Å². The van der Waals surface area contributed by atoms with Gasteiger partial charge in [0.25, 0.3) is 0 Å². The van der Waals surface area contributed by atoms with Gasteiger partial charge in [-0.15, -0.1) is 0 Å². The minimum absolute atomic E-state index is 0.180. The number of para-hydroxylation sites is 1. The number of alkyl halides is 2. The molecule has 1 aromatic carbocycles. The van der Waals surface area contributed by atoms with Crippen molar-refractivity contribution < 1.29 is 13.5 Å². The van der Waals surface area contributed by atoms with E-state index in [9.17, 15) is 8.78 Å². The number of nitrogens with zero attached hydrogens (tertiary/aromatic N) is 3. The third-order valence-electron chi connectivity index (χ3n) is 2.43. The molecule has 0 radical (unpaired) electrons. The molecule has 0 atom stereocenters. The molecule has 1 N–H and O–H groups in total. The molecule has 0 bridgehead atoms. The summed E-state index contributed by atoms with van der Waals surface area (Å²) in [5, 5.41) is 7.19. The molecule has 102 valence electrons. The monoisotopic (exact) mass is 268 g/mol. The summed E-state index contributed by atoms with van der Waals surface area (Å²) in [5.41, 5.74) is 0.665. The predicted molar refractivity (Wildman–Crippen MR) is 64.6 cm³/mol. The highest BCUT2D eigenvalue weighted by molar-refractivity contribution is 5.33. The normalized spacial score (nSPS) is 10.9. The Morgan fingerprint density at radius 1 is 1.32 bits per heavy atom. The zero-order chi connectivity index (χ0) is 13.7. The lowest BCUT2D eigenvalue weighted by molar-refractivity contribution is -0.0505. The SMILES string of the molecule is Cn1cnc(CNCc2ccccc2OC(F)F)n1. The Morgan fingerprint density at radius 2 is 2.11 bits per heavy atom. The highest BCUT2D eigenvalue weighted by atomic mass is 19.3. The fourth-order valence-electron chi connectivity index (χ4n) is 1.63. The number of hydrogen-bond donors (Lipinski definition) is 1. The summed E-state index contributed by atoms with van der Waals surface area (Å²) in [6.45, 7) is -1.95. The average molecular weight is 268 g/mol. The van der Waals surface area contributed by atoms with E-state index in [-0.39, 0.29) is 5.75 Å². The molecular weight excluding hydrogens is 254 g/mol. The van der Waals surface area contributed by atoms with E-state index in [1.165, 1.54) is 6.07 Å². The Kier molecular flexibility index (Phi) is 4.40. The molecule has 7 heteroatoms. The van der Waals surface area contributed by atoms with Crippen molar-refractivity contribution in [3.05, 3.63) is 42.0 Å². The van der Waals surface area contributed by atoms with Crippen molar-refractivity contribution in [1.29, 1.82) is 0 Å². The average Bonchev–Trinajstić information content (AvgIpc) is 2.77. The molecule has 0 aliphatic heterocycles. The van der Waals surface area contributed by atoms with Crippen LogP contribution in [-0.2, 0) is 20.1 Å². The Bertz CT molecular complexity index is 530. The summed E-state index contributed by atoms with van der Waals surface area (Å²) in [5.74, 6) is 0.828. The Morgan fingerprint density at radius 3 is 2.79 bits per heavy atom. The second-order valence-corrected chi connectivity index (χ2v) is 3.92. The van der Waals surface area contributed by atoms with Gasteiger partial charge in [-0.1, -0.05) is 18.2 Å². The zero-order valence-electron chi connectivity index (χ0n) is 10.4. The number of aryl methyl sites for hydroxylation is 1. The van der Waals surface area contributed by atoms with Gasteiger partial charge in [-0.2, -0.15) is 13.9 Å². The molecule has 0 unspecified atom stereocenters. The van der Waals surface area contributed by atoms with Crippen LogP contribution in [0.2, 0.25) is 0 Å². The third kappa shape index (κ3) is 3.99. The molecule has 0 amide bonds. The maximum Gasteiger partial charge on any atom is 0.387 e. The van der Waals surface area contributed by atoms with Crippen LogP contribution in [0.3, 0.4) is 0 Å². The molecule has 0 spiro atoms. The van der Waals surface area contributed by atoms with Crippen molar-refractivity contribution in [2.75, 3.05) is 0 Å². The summed E-state index contributed by atoms with van der Waals surface area (Å²) in [6, 6.07) is 6.68. The Labute approximate surface area is 109 Å². The van der Waals surface area contributed by atoms with Crippen LogP contribution in [0.4, 0.5) is 8.78 Å². The van der Waals surface area contributed by atoms with Gasteiger partial charge in [-0.25, -0.2) is 4.98 Å². The molecule has 0 fully saturated rings. The first-order chi connectivity index (χ1) is 9.15. The number of rotatable bonds is 6. The summed E-state index contributed by atoms with van der Waals surface area (Å²) >= 11 is 0. The maximum atomic E-state index is 12.2. The van der Waals surface area contributed by atoms with E-state index in [0.29, 0.717) is 24.5 Å². The van der Waals surface area contributed by atoms with Crippen molar-refractivity contribution >= 4 is 0 Å². The molecule has 5 nitrogen and oxygen atoms in total. The van der Waals surface area contributed by atoms with Crippen LogP contribution in [0.1, 0.15) is 11.4 Å². The summed E-state index contributed by atoms with van der Waals surface area (Å²) in [7, 11) is 1.78. The van der Waals surface area contributed by atoms with Gasteiger partial charge < -0.3 is 10.1 Å². The smallest absolute Gasteiger partial charge is 0.387 e. The minimum Gasteiger partial charge on any atom is -0.434 e. The molecule has 19 heavy (non-hydrogen) atoms. The van der Waals surface area contributed by atoms with Gasteiger partial charge in [0, 0.05) is 19.2 Å². The van der Waals surface area contributed by atoms with Crippen LogP contribution < -0.4 is 10.1 Å². The van der Waals surface area contributed by atoms with Crippen molar-refractivity contribution in [2.24, 2.45) is 7.05 Å². The first-order valence-corrected chi connectivity index (χ1v) is 5.73. The van der Waals surface area contributed by atoms with E-state index in [1.807, 2.05) is 0 Å². The van der Waals surface area contributed by atoms with Gasteiger partial charge >= 0.3 is 6.61 Å². The second-order valence-electron chi connectivity index (χ2n) is 3.92. The van der Waals surface area contributed by atoms with Gasteiger partial charge in [-0.3, -0.25) is 4.68 Å². The number of ether oxygens (including phenoxy) is 1. The molecule has 0 aliphatic carbocycles. The molecular formula is C12H14F2N4O. The largest absolute Gasteiger partial charge is 0.434 e. The van der Waals surface area contributed by atoms with E-state index in [1.54, 1.807) is 36.3 Å². The fraction of sp³-hybridized carbons (Fsp3) is 0.333. The molecule has 0 saturated heterocycles. The minimum atomic E-state index is -2.82. The molecule has 0 saturated carbocycles. The predicted octanol–water partition coefficient (Wildman–Crippen LogP) is 1.71. The number of halogens is 2. The second kappa shape index (κ2) is 6.24. The molecule has 0 aliphatic rings. The maximum absolute atomic E-state index is 12.2. The number of hydrogen-bond acceptors (Lipinski definition) is 4. The topological polar surface area (TPSA) is 52.0 Å². The van der Waals surface area contributed by atoms with Crippen molar-refractivity contribution in [1.82, 2.24) is 20.1 Å². The standard InChI is InChI=1S/C12H14F2N4O/c1-18-8-16-11(17-18)7-15-6-9-4-2-3-5-10(9)19-12(13)14/h2-5,8,12,15H,6-7H2,1H3. The van der Waals surface area contributed by atoms with Crippen LogP contribution >= 0.6 is 0 Å². The number of nitrogens with one attached hydrogen (secondary N) is 1. The number of aromatic nitrogens is 3. The highest BCUT2D eigenvalue weighted by Crippen LogP contribution is 2.19. The van der Waals surface area contributed by atoms with Crippen LogP contribution in [0.25, 0.3) is 0 Å². The van der Waals surface area contributed by atoms with Crippen LogP contribution in [0, 0.1) is 0 Å². The van der Waals surface area contributed by atoms with Gasteiger partial charge in [0.2, 0.25) is 0 Å². The van der Waals surface area contributed by atoms with Crippen molar-refractivity contribution in [3.63, 3.8) is 0 Å². The lowest BCUT2D eigenvalue weighted by atomic mass is 10.2.